The third-order valence-corrected chi connectivity index (χ3v) is 6.49. The van der Waals surface area contributed by atoms with Gasteiger partial charge in [0.25, 0.3) is 11.8 Å². The highest BCUT2D eigenvalue weighted by Gasteiger charge is 2.60. The molecule has 3 amide bonds. The number of hydrogen-bond donors (Lipinski definition) is 1. The highest BCUT2D eigenvalue weighted by atomic mass is 16.2. The summed E-state index contributed by atoms with van der Waals surface area (Å²) in [6.07, 6.45) is 7.46. The van der Waals surface area contributed by atoms with Crippen molar-refractivity contribution in [3.8, 4) is 0 Å². The second-order valence-corrected chi connectivity index (χ2v) is 8.38. The molecule has 1 N–H and O–H groups in total. The van der Waals surface area contributed by atoms with Gasteiger partial charge >= 0.3 is 0 Å². The van der Waals surface area contributed by atoms with Gasteiger partial charge in [-0.3, -0.25) is 19.3 Å². The van der Waals surface area contributed by atoms with Crippen LogP contribution in [-0.2, 0) is 16.1 Å². The van der Waals surface area contributed by atoms with Crippen LogP contribution in [0.5, 0.6) is 0 Å². The number of rotatable bonds is 4. The number of nitrogens with one attached hydrogen (secondary N) is 1. The molecule has 0 aromatic heterocycles. The van der Waals surface area contributed by atoms with Crippen LogP contribution in [0.2, 0.25) is 0 Å². The van der Waals surface area contributed by atoms with Crippen molar-refractivity contribution in [1.82, 2.24) is 10.2 Å². The SMILES string of the molecule is O=C1c2ccccc2N2C(=O)CC[C@@]2(C(=O)N[C@H]2C=CCCC2)N1Cc1ccccc1. The van der Waals surface area contributed by atoms with E-state index < -0.39 is 5.66 Å². The first-order valence-corrected chi connectivity index (χ1v) is 10.9. The Morgan fingerprint density at radius 1 is 1.06 bits per heavy atom. The van der Waals surface area contributed by atoms with E-state index in [0.717, 1.165) is 24.8 Å². The summed E-state index contributed by atoms with van der Waals surface area (Å²) >= 11 is 0. The predicted octanol–water partition coefficient (Wildman–Crippen LogP) is 3.39. The lowest BCUT2D eigenvalue weighted by Crippen LogP contribution is -2.70. The number of carbonyl (C=O) groups excluding carboxylic acids is 3. The van der Waals surface area contributed by atoms with Crippen LogP contribution in [0.15, 0.2) is 66.7 Å². The number of carbonyl (C=O) groups is 3. The van der Waals surface area contributed by atoms with E-state index in [4.69, 9.17) is 0 Å². The topological polar surface area (TPSA) is 69.7 Å². The number of para-hydroxylation sites is 1. The fourth-order valence-corrected chi connectivity index (χ4v) is 4.99. The summed E-state index contributed by atoms with van der Waals surface area (Å²) in [5, 5.41) is 3.12. The average Bonchev–Trinajstić information content (AvgIpc) is 3.16. The maximum absolute atomic E-state index is 13.8. The van der Waals surface area contributed by atoms with E-state index in [1.54, 1.807) is 34.1 Å². The highest BCUT2D eigenvalue weighted by Crippen LogP contribution is 2.45. The molecule has 2 atom stereocenters. The molecule has 0 unspecified atom stereocenters. The molecule has 0 saturated carbocycles. The largest absolute Gasteiger partial charge is 0.346 e. The molecule has 5 rings (SSSR count). The molecule has 2 aromatic rings. The van der Waals surface area contributed by atoms with Gasteiger partial charge in [-0.15, -0.1) is 0 Å². The summed E-state index contributed by atoms with van der Waals surface area (Å²) in [7, 11) is 0. The number of anilines is 1. The smallest absolute Gasteiger partial charge is 0.267 e. The Hall–Kier alpha value is -3.41. The molecule has 2 heterocycles. The Morgan fingerprint density at radius 3 is 2.61 bits per heavy atom. The molecule has 0 spiro atoms. The molecule has 6 nitrogen and oxygen atoms in total. The van der Waals surface area contributed by atoms with Gasteiger partial charge < -0.3 is 10.2 Å². The number of amides is 3. The quantitative estimate of drug-likeness (QED) is 0.779. The predicted molar refractivity (Wildman–Crippen MR) is 117 cm³/mol. The molecular weight excluding hydrogens is 390 g/mol. The van der Waals surface area contributed by atoms with Crippen molar-refractivity contribution in [3.63, 3.8) is 0 Å². The number of allylic oxidation sites excluding steroid dienone is 1. The summed E-state index contributed by atoms with van der Waals surface area (Å²) in [6.45, 7) is 0.256. The van der Waals surface area contributed by atoms with Crippen molar-refractivity contribution in [3.05, 3.63) is 77.9 Å². The van der Waals surface area contributed by atoms with Crippen LogP contribution in [0, 0.1) is 0 Å². The van der Waals surface area contributed by atoms with Crippen LogP contribution in [-0.4, -0.2) is 34.3 Å². The van der Waals surface area contributed by atoms with Crippen molar-refractivity contribution in [2.75, 3.05) is 4.90 Å². The molecule has 1 aliphatic carbocycles. The number of hydrogen-bond acceptors (Lipinski definition) is 3. The summed E-state index contributed by atoms with van der Waals surface area (Å²) in [4.78, 5) is 43.7. The van der Waals surface area contributed by atoms with Crippen molar-refractivity contribution in [2.24, 2.45) is 0 Å². The summed E-state index contributed by atoms with van der Waals surface area (Å²) in [5.41, 5.74) is 0.534. The highest BCUT2D eigenvalue weighted by molar-refractivity contribution is 6.16. The van der Waals surface area contributed by atoms with E-state index in [0.29, 0.717) is 11.3 Å². The second kappa shape index (κ2) is 7.69. The lowest BCUT2D eigenvalue weighted by Gasteiger charge is -2.49. The first-order valence-electron chi connectivity index (χ1n) is 10.9. The Balaban J connectivity index is 1.62. The molecule has 0 radical (unpaired) electrons. The van der Waals surface area contributed by atoms with Gasteiger partial charge in [0.2, 0.25) is 11.6 Å². The van der Waals surface area contributed by atoms with Gasteiger partial charge in [0.15, 0.2) is 0 Å². The minimum Gasteiger partial charge on any atom is -0.346 e. The van der Waals surface area contributed by atoms with Crippen molar-refractivity contribution < 1.29 is 14.4 Å². The van der Waals surface area contributed by atoms with Gasteiger partial charge in [0.1, 0.15) is 0 Å². The minimum atomic E-state index is -1.36. The van der Waals surface area contributed by atoms with E-state index in [1.165, 1.54) is 0 Å². The van der Waals surface area contributed by atoms with Gasteiger partial charge in [-0.2, -0.15) is 0 Å². The number of fused-ring (bicyclic) bond motifs is 3. The van der Waals surface area contributed by atoms with Crippen molar-refractivity contribution in [1.29, 1.82) is 0 Å². The zero-order chi connectivity index (χ0) is 21.4. The molecule has 31 heavy (non-hydrogen) atoms. The Labute approximate surface area is 181 Å². The van der Waals surface area contributed by atoms with Crippen LogP contribution < -0.4 is 10.2 Å². The third-order valence-electron chi connectivity index (χ3n) is 6.49. The van der Waals surface area contributed by atoms with Crippen molar-refractivity contribution in [2.45, 2.75) is 50.4 Å². The number of nitrogens with zero attached hydrogens (tertiary/aromatic N) is 2. The fraction of sp³-hybridized carbons (Fsp3) is 0.320. The van der Waals surface area contributed by atoms with E-state index in [-0.39, 0.29) is 43.1 Å². The van der Waals surface area contributed by atoms with Gasteiger partial charge in [-0.1, -0.05) is 54.6 Å². The Morgan fingerprint density at radius 2 is 1.84 bits per heavy atom. The van der Waals surface area contributed by atoms with E-state index in [2.05, 4.69) is 11.4 Å². The first-order chi connectivity index (χ1) is 15.1. The maximum Gasteiger partial charge on any atom is 0.267 e. The van der Waals surface area contributed by atoms with Crippen molar-refractivity contribution >= 4 is 23.4 Å². The fourth-order valence-electron chi connectivity index (χ4n) is 4.99. The van der Waals surface area contributed by atoms with Crippen LogP contribution >= 0.6 is 0 Å². The molecular formula is C25H25N3O3. The maximum atomic E-state index is 13.8. The Bertz CT molecular complexity index is 1060. The molecule has 1 fully saturated rings. The molecule has 1 saturated heterocycles. The summed E-state index contributed by atoms with van der Waals surface area (Å²) in [5.74, 6) is -0.638. The van der Waals surface area contributed by atoms with Crippen LogP contribution in [0.3, 0.4) is 0 Å². The number of benzene rings is 2. The summed E-state index contributed by atoms with van der Waals surface area (Å²) < 4.78 is 0. The zero-order valence-corrected chi connectivity index (χ0v) is 17.3. The third kappa shape index (κ3) is 3.14. The molecule has 3 aliphatic rings. The zero-order valence-electron chi connectivity index (χ0n) is 17.3. The Kier molecular flexibility index (Phi) is 4.85. The second-order valence-electron chi connectivity index (χ2n) is 8.38. The molecule has 2 aliphatic heterocycles. The normalized spacial score (nSPS) is 24.7. The molecule has 158 valence electrons. The van der Waals surface area contributed by atoms with E-state index >= 15 is 0 Å². The lowest BCUT2D eigenvalue weighted by atomic mass is 9.93. The lowest BCUT2D eigenvalue weighted by molar-refractivity contribution is -0.134. The first kappa shape index (κ1) is 19.5. The van der Waals surface area contributed by atoms with Crippen LogP contribution in [0.1, 0.15) is 48.0 Å². The van der Waals surface area contributed by atoms with Gasteiger partial charge in [-0.25, -0.2) is 0 Å². The minimum absolute atomic E-state index is 0.0842. The standard InChI is InChI=1S/C25H25N3O3/c29-22-15-16-25(24(31)26-19-11-5-2-6-12-19)27(17-18-9-3-1-4-10-18)23(30)20-13-7-8-14-21(20)28(22)25/h1,3-5,7-11,13-14,19H,2,6,12,15-17H2,(H,26,31)/t19-,25+/m0/s1. The average molecular weight is 415 g/mol. The van der Waals surface area contributed by atoms with E-state index in [9.17, 15) is 14.4 Å². The van der Waals surface area contributed by atoms with Gasteiger partial charge in [0.05, 0.1) is 11.3 Å². The molecule has 2 aromatic carbocycles. The molecule has 0 bridgehead atoms. The van der Waals surface area contributed by atoms with Crippen LogP contribution in [0.4, 0.5) is 5.69 Å². The van der Waals surface area contributed by atoms with Crippen LogP contribution in [0.25, 0.3) is 0 Å². The van der Waals surface area contributed by atoms with Gasteiger partial charge in [0, 0.05) is 25.4 Å². The molecule has 6 heteroatoms. The van der Waals surface area contributed by atoms with Gasteiger partial charge in [-0.05, 0) is 37.0 Å². The summed E-state index contributed by atoms with van der Waals surface area (Å²) in [6, 6.07) is 16.6. The monoisotopic (exact) mass is 415 g/mol. The van der Waals surface area contributed by atoms with E-state index in [1.807, 2.05) is 36.4 Å².